The summed E-state index contributed by atoms with van der Waals surface area (Å²) in [5, 5.41) is 16.0. The molecule has 0 saturated heterocycles. The first-order valence-electron chi connectivity index (χ1n) is 4.91. The third-order valence-corrected chi connectivity index (χ3v) is 2.34. The quantitative estimate of drug-likeness (QED) is 0.379. The lowest BCUT2D eigenvalue weighted by Gasteiger charge is -2.07. The Hall–Kier alpha value is -2.28. The molecule has 3 N–H and O–H groups in total. The standard InChI is InChI=1S/C10H10ClN5O2/c1-16-5-13-10(14-16)18-8-4-6(11)2-3-7(8)9(12)15-17/h2-5,17H,1H3,(H2,12,15). The van der Waals surface area contributed by atoms with Crippen LogP contribution in [0.25, 0.3) is 0 Å². The second-order valence-electron chi connectivity index (χ2n) is 3.43. The van der Waals surface area contributed by atoms with Gasteiger partial charge in [0.2, 0.25) is 0 Å². The van der Waals surface area contributed by atoms with Gasteiger partial charge in [-0.05, 0) is 12.1 Å². The van der Waals surface area contributed by atoms with E-state index in [9.17, 15) is 0 Å². The number of hydrogen-bond acceptors (Lipinski definition) is 5. The van der Waals surface area contributed by atoms with Crippen molar-refractivity contribution in [1.82, 2.24) is 14.8 Å². The minimum Gasteiger partial charge on any atom is -0.422 e. The molecule has 0 radical (unpaired) electrons. The zero-order chi connectivity index (χ0) is 13.1. The van der Waals surface area contributed by atoms with Crippen molar-refractivity contribution in [2.75, 3.05) is 0 Å². The Morgan fingerprint density at radius 2 is 2.33 bits per heavy atom. The zero-order valence-corrected chi connectivity index (χ0v) is 10.2. The highest BCUT2D eigenvalue weighted by Crippen LogP contribution is 2.26. The van der Waals surface area contributed by atoms with E-state index in [1.165, 1.54) is 17.1 Å². The molecule has 1 aromatic carbocycles. The van der Waals surface area contributed by atoms with Gasteiger partial charge in [0.1, 0.15) is 12.1 Å². The summed E-state index contributed by atoms with van der Waals surface area (Å²) in [5.74, 6) is 0.224. The summed E-state index contributed by atoms with van der Waals surface area (Å²) in [6.45, 7) is 0. The van der Waals surface area contributed by atoms with Crippen molar-refractivity contribution in [2.24, 2.45) is 17.9 Å². The summed E-state index contributed by atoms with van der Waals surface area (Å²) < 4.78 is 6.92. The number of nitrogens with zero attached hydrogens (tertiary/aromatic N) is 4. The second kappa shape index (κ2) is 4.92. The van der Waals surface area contributed by atoms with E-state index in [-0.39, 0.29) is 11.8 Å². The number of halogens is 1. The van der Waals surface area contributed by atoms with Crippen molar-refractivity contribution >= 4 is 17.4 Å². The molecule has 2 aromatic rings. The summed E-state index contributed by atoms with van der Waals surface area (Å²) in [7, 11) is 1.71. The molecule has 0 atom stereocenters. The predicted molar refractivity (Wildman–Crippen MR) is 65.0 cm³/mol. The molecular formula is C10H10ClN5O2. The first kappa shape index (κ1) is 12.2. The minimum atomic E-state index is -0.0856. The van der Waals surface area contributed by atoms with Gasteiger partial charge >= 0.3 is 6.01 Å². The van der Waals surface area contributed by atoms with E-state index < -0.39 is 0 Å². The Labute approximate surface area is 107 Å². The van der Waals surface area contributed by atoms with Crippen molar-refractivity contribution in [2.45, 2.75) is 0 Å². The highest BCUT2D eigenvalue weighted by Gasteiger charge is 2.12. The molecule has 18 heavy (non-hydrogen) atoms. The third-order valence-electron chi connectivity index (χ3n) is 2.11. The lowest BCUT2D eigenvalue weighted by molar-refractivity contribution is 0.318. The molecule has 0 unspecified atom stereocenters. The van der Waals surface area contributed by atoms with Crippen LogP contribution in [-0.4, -0.2) is 25.8 Å². The molecule has 1 aromatic heterocycles. The van der Waals surface area contributed by atoms with E-state index in [4.69, 9.17) is 27.3 Å². The fourth-order valence-electron chi connectivity index (χ4n) is 1.31. The maximum Gasteiger partial charge on any atom is 0.341 e. The van der Waals surface area contributed by atoms with Crippen LogP contribution in [0.3, 0.4) is 0 Å². The number of ether oxygens (including phenoxy) is 1. The Balaban J connectivity index is 2.39. The molecule has 0 bridgehead atoms. The molecule has 0 aliphatic rings. The average molecular weight is 268 g/mol. The first-order valence-corrected chi connectivity index (χ1v) is 5.29. The maximum atomic E-state index is 8.69. The van der Waals surface area contributed by atoms with Gasteiger partial charge in [0, 0.05) is 18.1 Å². The Kier molecular flexibility index (Phi) is 3.33. The summed E-state index contributed by atoms with van der Waals surface area (Å²) in [6.07, 6.45) is 1.49. The van der Waals surface area contributed by atoms with Crippen LogP contribution in [0.2, 0.25) is 5.02 Å². The molecule has 0 aliphatic heterocycles. The van der Waals surface area contributed by atoms with E-state index in [0.29, 0.717) is 16.3 Å². The lowest BCUT2D eigenvalue weighted by atomic mass is 10.2. The fraction of sp³-hybridized carbons (Fsp3) is 0.100. The van der Waals surface area contributed by atoms with Gasteiger partial charge in [-0.25, -0.2) is 0 Å². The Bertz CT molecular complexity index is 596. The number of hydrogen-bond donors (Lipinski definition) is 2. The van der Waals surface area contributed by atoms with E-state index in [1.54, 1.807) is 19.2 Å². The van der Waals surface area contributed by atoms with Crippen LogP contribution >= 0.6 is 11.6 Å². The SMILES string of the molecule is Cn1cnc(Oc2cc(Cl)ccc2/C(N)=N/O)n1. The Morgan fingerprint density at radius 3 is 2.94 bits per heavy atom. The third kappa shape index (κ3) is 2.51. The highest BCUT2D eigenvalue weighted by molar-refractivity contribution is 6.30. The monoisotopic (exact) mass is 267 g/mol. The topological polar surface area (TPSA) is 98.6 Å². The van der Waals surface area contributed by atoms with Gasteiger partial charge in [0.25, 0.3) is 0 Å². The van der Waals surface area contributed by atoms with Gasteiger partial charge in [-0.3, -0.25) is 4.68 Å². The second-order valence-corrected chi connectivity index (χ2v) is 3.87. The normalized spacial score (nSPS) is 11.6. The van der Waals surface area contributed by atoms with E-state index in [2.05, 4.69) is 15.2 Å². The molecule has 0 spiro atoms. The summed E-state index contributed by atoms with van der Waals surface area (Å²) in [4.78, 5) is 3.91. The smallest absolute Gasteiger partial charge is 0.341 e. The summed E-state index contributed by atoms with van der Waals surface area (Å²) >= 11 is 5.87. The number of aryl methyl sites for hydroxylation is 1. The molecule has 0 saturated carbocycles. The first-order chi connectivity index (χ1) is 8.60. The minimum absolute atomic E-state index is 0.0856. The van der Waals surface area contributed by atoms with Gasteiger partial charge in [-0.2, -0.15) is 4.98 Å². The predicted octanol–water partition coefficient (Wildman–Crippen LogP) is 1.36. The van der Waals surface area contributed by atoms with Gasteiger partial charge in [-0.1, -0.05) is 16.8 Å². The zero-order valence-electron chi connectivity index (χ0n) is 9.41. The van der Waals surface area contributed by atoms with Gasteiger partial charge < -0.3 is 15.7 Å². The van der Waals surface area contributed by atoms with Crippen LogP contribution in [0.1, 0.15) is 5.56 Å². The Morgan fingerprint density at radius 1 is 1.56 bits per heavy atom. The number of aromatic nitrogens is 3. The van der Waals surface area contributed by atoms with Crippen LogP contribution in [0.4, 0.5) is 0 Å². The van der Waals surface area contributed by atoms with Gasteiger partial charge in [-0.15, -0.1) is 5.10 Å². The van der Waals surface area contributed by atoms with E-state index in [0.717, 1.165) is 0 Å². The number of rotatable bonds is 3. The maximum absolute atomic E-state index is 8.69. The van der Waals surface area contributed by atoms with E-state index in [1.807, 2.05) is 0 Å². The number of amidine groups is 1. The van der Waals surface area contributed by atoms with Gasteiger partial charge in [0.15, 0.2) is 5.84 Å². The molecule has 7 nitrogen and oxygen atoms in total. The summed E-state index contributed by atoms with van der Waals surface area (Å²) in [6, 6.07) is 4.86. The molecule has 0 fully saturated rings. The van der Waals surface area contributed by atoms with Crippen molar-refractivity contribution in [1.29, 1.82) is 0 Å². The number of nitrogens with two attached hydrogens (primary N) is 1. The molecule has 0 amide bonds. The van der Waals surface area contributed by atoms with Crippen molar-refractivity contribution in [3.05, 3.63) is 35.1 Å². The lowest BCUT2D eigenvalue weighted by Crippen LogP contribution is -2.14. The molecule has 1 heterocycles. The van der Waals surface area contributed by atoms with Crippen molar-refractivity contribution in [3.8, 4) is 11.8 Å². The van der Waals surface area contributed by atoms with Crippen LogP contribution in [0.5, 0.6) is 11.8 Å². The molecule has 2 rings (SSSR count). The highest BCUT2D eigenvalue weighted by atomic mass is 35.5. The van der Waals surface area contributed by atoms with Crippen LogP contribution in [-0.2, 0) is 7.05 Å². The van der Waals surface area contributed by atoms with Crippen LogP contribution < -0.4 is 10.5 Å². The number of benzene rings is 1. The molecule has 0 aliphatic carbocycles. The van der Waals surface area contributed by atoms with Crippen LogP contribution in [0.15, 0.2) is 29.7 Å². The number of oxime groups is 1. The largest absolute Gasteiger partial charge is 0.422 e. The molecule has 94 valence electrons. The molecular weight excluding hydrogens is 258 g/mol. The van der Waals surface area contributed by atoms with E-state index >= 15 is 0 Å². The van der Waals surface area contributed by atoms with Crippen LogP contribution in [0, 0.1) is 0 Å². The van der Waals surface area contributed by atoms with Crippen molar-refractivity contribution < 1.29 is 9.94 Å². The van der Waals surface area contributed by atoms with Crippen molar-refractivity contribution in [3.63, 3.8) is 0 Å². The summed E-state index contributed by atoms with van der Waals surface area (Å²) in [5.41, 5.74) is 5.93. The molecule has 8 heteroatoms. The average Bonchev–Trinajstić information content (AvgIpc) is 2.74. The fourth-order valence-corrected chi connectivity index (χ4v) is 1.47. The van der Waals surface area contributed by atoms with Gasteiger partial charge in [0.05, 0.1) is 5.56 Å².